The molecule has 0 aliphatic rings. The lowest BCUT2D eigenvalue weighted by Crippen LogP contribution is -2.17. The van der Waals surface area contributed by atoms with Crippen LogP contribution in [0.2, 0.25) is 0 Å². The lowest BCUT2D eigenvalue weighted by atomic mass is 10.1. The maximum absolute atomic E-state index is 13.1. The molecule has 0 fully saturated rings. The van der Waals surface area contributed by atoms with Crippen molar-refractivity contribution in [3.63, 3.8) is 0 Å². The lowest BCUT2D eigenvalue weighted by Gasteiger charge is -2.13. The number of carbonyl (C=O) groups excluding carboxylic acids is 1. The van der Waals surface area contributed by atoms with Crippen LogP contribution in [0.1, 0.15) is 16.2 Å². The highest BCUT2D eigenvalue weighted by molar-refractivity contribution is 7.17. The van der Waals surface area contributed by atoms with Crippen molar-refractivity contribution < 1.29 is 9.53 Å². The van der Waals surface area contributed by atoms with Crippen molar-refractivity contribution in [2.24, 2.45) is 0 Å². The number of carbonyl (C=O) groups is 1. The van der Waals surface area contributed by atoms with E-state index in [2.05, 4.69) is 20.6 Å². The predicted octanol–water partition coefficient (Wildman–Crippen LogP) is 6.92. The van der Waals surface area contributed by atoms with E-state index in [1.165, 1.54) is 11.3 Å². The molecule has 0 unspecified atom stereocenters. The summed E-state index contributed by atoms with van der Waals surface area (Å²) >= 11 is 1.44. The third-order valence-corrected chi connectivity index (χ3v) is 6.78. The van der Waals surface area contributed by atoms with E-state index >= 15 is 0 Å². The number of hydrogen-bond acceptors (Lipinski definition) is 8. The van der Waals surface area contributed by atoms with Gasteiger partial charge in [-0.3, -0.25) is 4.79 Å². The zero-order valence-corrected chi connectivity index (χ0v) is 21.1. The average molecular weight is 519 g/mol. The Hall–Kier alpha value is -5.02. The van der Waals surface area contributed by atoms with Crippen LogP contribution < -0.4 is 21.1 Å². The van der Waals surface area contributed by atoms with E-state index < -0.39 is 5.91 Å². The zero-order chi connectivity index (χ0) is 26.1. The van der Waals surface area contributed by atoms with Crippen LogP contribution in [0.15, 0.2) is 90.3 Å². The fourth-order valence-electron chi connectivity index (χ4n) is 4.07. The molecular formula is C29H22N6O2S. The highest BCUT2D eigenvalue weighted by Gasteiger charge is 2.17. The summed E-state index contributed by atoms with van der Waals surface area (Å²) in [6.45, 7) is 2.02. The van der Waals surface area contributed by atoms with E-state index in [-0.39, 0.29) is 11.6 Å². The number of nitrogens with one attached hydrogen (secondary N) is 2. The number of aromatic nitrogens is 3. The molecule has 0 aliphatic heterocycles. The summed E-state index contributed by atoms with van der Waals surface area (Å²) < 4.78 is 6.63. The average Bonchev–Trinajstić information content (AvgIpc) is 3.40. The molecule has 0 radical (unpaired) electrons. The monoisotopic (exact) mass is 518 g/mol. The third-order valence-electron chi connectivity index (χ3n) is 5.86. The SMILES string of the molecule is Cc1ccc2c(NC(=O)c3nc(N)c4sccc4n3)nc(Nc3ccc(Oc4ccccc4)cc3)cc2c1. The van der Waals surface area contributed by atoms with E-state index in [1.807, 2.05) is 97.2 Å². The summed E-state index contributed by atoms with van der Waals surface area (Å²) in [4.78, 5) is 26.4. The minimum Gasteiger partial charge on any atom is -0.457 e. The van der Waals surface area contributed by atoms with Gasteiger partial charge in [0.05, 0.1) is 10.2 Å². The Morgan fingerprint density at radius 2 is 1.68 bits per heavy atom. The number of hydrogen-bond donors (Lipinski definition) is 3. The molecule has 0 atom stereocenters. The van der Waals surface area contributed by atoms with Crippen molar-refractivity contribution in [2.45, 2.75) is 6.92 Å². The molecule has 0 bridgehead atoms. The van der Waals surface area contributed by atoms with Gasteiger partial charge in [0.2, 0.25) is 5.82 Å². The van der Waals surface area contributed by atoms with Gasteiger partial charge in [0.25, 0.3) is 5.91 Å². The summed E-state index contributed by atoms with van der Waals surface area (Å²) in [6.07, 6.45) is 0. The first-order valence-corrected chi connectivity index (χ1v) is 12.7. The lowest BCUT2D eigenvalue weighted by molar-refractivity contribution is 0.101. The summed E-state index contributed by atoms with van der Waals surface area (Å²) in [7, 11) is 0. The summed E-state index contributed by atoms with van der Waals surface area (Å²) in [5.41, 5.74) is 8.60. The number of nitrogens with zero attached hydrogens (tertiary/aromatic N) is 3. The number of nitrogens with two attached hydrogens (primary N) is 1. The molecule has 8 nitrogen and oxygen atoms in total. The summed E-state index contributed by atoms with van der Waals surface area (Å²) in [5, 5.41) is 9.79. The fourth-order valence-corrected chi connectivity index (χ4v) is 4.80. The molecule has 3 aromatic heterocycles. The molecule has 0 saturated carbocycles. The van der Waals surface area contributed by atoms with Gasteiger partial charge in [0.15, 0.2) is 0 Å². The van der Waals surface area contributed by atoms with Crippen molar-refractivity contribution in [2.75, 3.05) is 16.4 Å². The number of amides is 1. The van der Waals surface area contributed by atoms with Crippen molar-refractivity contribution in [1.29, 1.82) is 0 Å². The Balaban J connectivity index is 1.28. The zero-order valence-electron chi connectivity index (χ0n) is 20.3. The second kappa shape index (κ2) is 9.79. The molecule has 186 valence electrons. The van der Waals surface area contributed by atoms with Gasteiger partial charge in [-0.25, -0.2) is 15.0 Å². The minimum absolute atomic E-state index is 0.0113. The van der Waals surface area contributed by atoms with Crippen LogP contribution >= 0.6 is 11.3 Å². The van der Waals surface area contributed by atoms with Crippen molar-refractivity contribution in [3.8, 4) is 11.5 Å². The first-order chi connectivity index (χ1) is 18.5. The molecule has 0 aliphatic carbocycles. The van der Waals surface area contributed by atoms with Crippen LogP contribution in [-0.4, -0.2) is 20.9 Å². The maximum atomic E-state index is 13.1. The highest BCUT2D eigenvalue weighted by atomic mass is 32.1. The molecule has 9 heteroatoms. The molecule has 0 saturated heterocycles. The van der Waals surface area contributed by atoms with E-state index in [0.717, 1.165) is 38.2 Å². The van der Waals surface area contributed by atoms with Gasteiger partial charge in [-0.2, -0.15) is 0 Å². The number of fused-ring (bicyclic) bond motifs is 2. The second-order valence-electron chi connectivity index (χ2n) is 8.67. The smallest absolute Gasteiger partial charge is 0.294 e. The first kappa shape index (κ1) is 23.4. The highest BCUT2D eigenvalue weighted by Crippen LogP contribution is 2.30. The first-order valence-electron chi connectivity index (χ1n) is 11.9. The Bertz CT molecular complexity index is 1790. The van der Waals surface area contributed by atoms with Gasteiger partial charge in [-0.05, 0) is 66.2 Å². The predicted molar refractivity (Wildman–Crippen MR) is 153 cm³/mol. The Labute approximate surface area is 222 Å². The number of benzene rings is 3. The van der Waals surface area contributed by atoms with E-state index in [9.17, 15) is 4.79 Å². The molecule has 1 amide bonds. The van der Waals surface area contributed by atoms with Crippen LogP contribution in [0.5, 0.6) is 11.5 Å². The fraction of sp³-hybridized carbons (Fsp3) is 0.0345. The number of pyridine rings is 1. The molecule has 6 rings (SSSR count). The number of rotatable bonds is 6. The van der Waals surface area contributed by atoms with E-state index in [1.54, 1.807) is 0 Å². The molecular weight excluding hydrogens is 496 g/mol. The van der Waals surface area contributed by atoms with Crippen LogP contribution in [0.25, 0.3) is 21.0 Å². The van der Waals surface area contributed by atoms with Gasteiger partial charge < -0.3 is 21.1 Å². The minimum atomic E-state index is -0.487. The molecule has 3 aromatic carbocycles. The Morgan fingerprint density at radius 1 is 0.895 bits per heavy atom. The molecule has 4 N–H and O–H groups in total. The second-order valence-corrected chi connectivity index (χ2v) is 9.58. The number of para-hydroxylation sites is 1. The molecule has 6 aromatic rings. The van der Waals surface area contributed by atoms with Crippen molar-refractivity contribution >= 4 is 61.4 Å². The van der Waals surface area contributed by atoms with Crippen molar-refractivity contribution in [1.82, 2.24) is 15.0 Å². The number of nitrogen functional groups attached to an aromatic ring is 1. The normalized spacial score (nSPS) is 11.0. The van der Waals surface area contributed by atoms with Gasteiger partial charge in [0.1, 0.15) is 29.0 Å². The largest absolute Gasteiger partial charge is 0.457 e. The van der Waals surface area contributed by atoms with Crippen LogP contribution in [0.3, 0.4) is 0 Å². The van der Waals surface area contributed by atoms with Crippen molar-refractivity contribution in [3.05, 3.63) is 102 Å². The maximum Gasteiger partial charge on any atom is 0.294 e. The summed E-state index contributed by atoms with van der Waals surface area (Å²) in [6, 6.07) is 26.9. The van der Waals surface area contributed by atoms with Crippen LogP contribution in [0, 0.1) is 6.92 Å². The number of aryl methyl sites for hydroxylation is 1. The topological polar surface area (TPSA) is 115 Å². The Morgan fingerprint density at radius 3 is 2.50 bits per heavy atom. The molecule has 3 heterocycles. The number of thiophene rings is 1. The molecule has 0 spiro atoms. The van der Waals surface area contributed by atoms with Gasteiger partial charge in [-0.1, -0.05) is 42.0 Å². The number of anilines is 4. The Kier molecular flexibility index (Phi) is 6.03. The third kappa shape index (κ3) is 4.82. The quantitative estimate of drug-likeness (QED) is 0.219. The van der Waals surface area contributed by atoms with Gasteiger partial charge in [-0.15, -0.1) is 11.3 Å². The van der Waals surface area contributed by atoms with E-state index in [0.29, 0.717) is 17.2 Å². The van der Waals surface area contributed by atoms with Crippen LogP contribution in [0.4, 0.5) is 23.1 Å². The summed E-state index contributed by atoms with van der Waals surface area (Å²) in [5.74, 6) is 2.23. The van der Waals surface area contributed by atoms with Gasteiger partial charge >= 0.3 is 0 Å². The molecule has 38 heavy (non-hydrogen) atoms. The van der Waals surface area contributed by atoms with Crippen LogP contribution in [-0.2, 0) is 0 Å². The number of ether oxygens (including phenoxy) is 1. The standard InChI is InChI=1S/C29H22N6O2S/c1-17-7-12-22-18(15-17)16-24(31-19-8-10-21(11-9-19)37-20-5-3-2-4-6-20)33-27(22)35-29(36)28-32-23-13-14-38-25(23)26(30)34-28/h2-16H,1H3,(H2,30,32,34)(H2,31,33,35,36). The van der Waals surface area contributed by atoms with Gasteiger partial charge in [0, 0.05) is 11.1 Å². The van der Waals surface area contributed by atoms with E-state index in [4.69, 9.17) is 15.5 Å².